The van der Waals surface area contributed by atoms with Gasteiger partial charge in [-0.15, -0.1) is 0 Å². The first-order valence-electron chi connectivity index (χ1n) is 12.0. The molecule has 0 aromatic heterocycles. The molecule has 2 amide bonds. The van der Waals surface area contributed by atoms with E-state index in [1.54, 1.807) is 25.1 Å². The fraction of sp³-hybridized carbons (Fsp3) is 0.259. The Hall–Kier alpha value is -3.64. The maximum atomic E-state index is 13.9. The number of halogens is 2. The molecular formula is C27H27BrFN3O6S. The third-order valence-corrected chi connectivity index (χ3v) is 8.41. The number of nitrogens with one attached hydrogen (secondary N) is 1. The number of rotatable bonds is 9. The lowest BCUT2D eigenvalue weighted by Gasteiger charge is -2.32. The highest BCUT2D eigenvalue weighted by molar-refractivity contribution is 9.10. The molecule has 3 aromatic carbocycles. The summed E-state index contributed by atoms with van der Waals surface area (Å²) in [5.74, 6) is -0.939. The number of carbonyl (C=O) groups is 2. The molecule has 3 aromatic rings. The van der Waals surface area contributed by atoms with Crippen molar-refractivity contribution in [2.45, 2.75) is 24.4 Å². The number of sulfonamides is 1. The maximum absolute atomic E-state index is 13.9. The fourth-order valence-corrected chi connectivity index (χ4v) is 5.95. The van der Waals surface area contributed by atoms with Gasteiger partial charge in [-0.25, -0.2) is 12.8 Å². The summed E-state index contributed by atoms with van der Waals surface area (Å²) in [5, 5.41) is 2.53. The Morgan fingerprint density at radius 3 is 2.38 bits per heavy atom. The Bertz CT molecular complexity index is 1470. The SMILES string of the molecule is CNC(=O)[C@H](C)N(Cc1cccc(Br)c1)C(=O)CN(c1ccc(F)cc1)S(=O)(=O)c1ccc2c(c1)OCCO2. The van der Waals surface area contributed by atoms with Crippen molar-refractivity contribution in [1.29, 1.82) is 0 Å². The van der Waals surface area contributed by atoms with Crippen LogP contribution in [-0.4, -0.2) is 58.0 Å². The summed E-state index contributed by atoms with van der Waals surface area (Å²) >= 11 is 3.40. The summed E-state index contributed by atoms with van der Waals surface area (Å²) in [6, 6.07) is 15.3. The van der Waals surface area contributed by atoms with E-state index in [1.165, 1.54) is 42.3 Å². The number of benzene rings is 3. The minimum Gasteiger partial charge on any atom is -0.486 e. The third kappa shape index (κ3) is 6.51. The molecule has 1 atom stereocenters. The Morgan fingerprint density at radius 1 is 1.03 bits per heavy atom. The number of carbonyl (C=O) groups excluding carboxylic acids is 2. The van der Waals surface area contributed by atoms with Crippen molar-refractivity contribution in [3.05, 3.63) is 82.6 Å². The standard InChI is InChI=1S/C27H27BrFN3O6S/c1-18(27(34)30-2)31(16-19-4-3-5-20(28)14-19)26(33)17-32(22-8-6-21(29)7-9-22)39(35,36)23-10-11-24-25(15-23)38-13-12-37-24/h3-11,14-15,18H,12-13,16-17H2,1-2H3,(H,30,34)/t18-/m0/s1. The molecule has 206 valence electrons. The van der Waals surface area contributed by atoms with Gasteiger partial charge in [-0.05, 0) is 61.0 Å². The van der Waals surface area contributed by atoms with Crippen LogP contribution in [0.4, 0.5) is 10.1 Å². The summed E-state index contributed by atoms with van der Waals surface area (Å²) in [6.45, 7) is 1.57. The van der Waals surface area contributed by atoms with Gasteiger partial charge in [0.25, 0.3) is 10.0 Å². The average Bonchev–Trinajstić information content (AvgIpc) is 2.94. The lowest BCUT2D eigenvalue weighted by atomic mass is 10.1. The predicted molar refractivity (Wildman–Crippen MR) is 147 cm³/mol. The zero-order valence-electron chi connectivity index (χ0n) is 21.3. The van der Waals surface area contributed by atoms with Gasteiger partial charge in [0.15, 0.2) is 11.5 Å². The number of ether oxygens (including phenoxy) is 2. The Kier molecular flexibility index (Phi) is 8.76. The van der Waals surface area contributed by atoms with Gasteiger partial charge in [-0.1, -0.05) is 28.1 Å². The molecule has 1 heterocycles. The number of fused-ring (bicyclic) bond motifs is 1. The van der Waals surface area contributed by atoms with E-state index < -0.39 is 40.2 Å². The van der Waals surface area contributed by atoms with E-state index in [-0.39, 0.29) is 29.5 Å². The van der Waals surface area contributed by atoms with Crippen LogP contribution in [0.5, 0.6) is 11.5 Å². The molecule has 9 nitrogen and oxygen atoms in total. The highest BCUT2D eigenvalue weighted by Crippen LogP contribution is 2.34. The van der Waals surface area contributed by atoms with Gasteiger partial charge in [-0.3, -0.25) is 13.9 Å². The Balaban J connectivity index is 1.72. The number of nitrogens with zero attached hydrogens (tertiary/aromatic N) is 2. The first-order chi connectivity index (χ1) is 18.6. The number of likely N-dealkylation sites (N-methyl/N-ethyl adjacent to an activating group) is 1. The van der Waals surface area contributed by atoms with Gasteiger partial charge < -0.3 is 19.7 Å². The van der Waals surface area contributed by atoms with Crippen molar-refractivity contribution in [3.8, 4) is 11.5 Å². The van der Waals surface area contributed by atoms with E-state index in [9.17, 15) is 22.4 Å². The van der Waals surface area contributed by atoms with Crippen molar-refractivity contribution in [3.63, 3.8) is 0 Å². The van der Waals surface area contributed by atoms with Gasteiger partial charge in [-0.2, -0.15) is 0 Å². The van der Waals surface area contributed by atoms with Crippen LogP contribution in [0, 0.1) is 5.82 Å². The summed E-state index contributed by atoms with van der Waals surface area (Å²) in [4.78, 5) is 27.5. The minimum atomic E-state index is -4.34. The highest BCUT2D eigenvalue weighted by Gasteiger charge is 2.33. The zero-order valence-corrected chi connectivity index (χ0v) is 23.7. The van der Waals surface area contributed by atoms with Crippen molar-refractivity contribution < 1.29 is 31.9 Å². The zero-order chi connectivity index (χ0) is 28.2. The minimum absolute atomic E-state index is 0.0498. The first kappa shape index (κ1) is 28.4. The van der Waals surface area contributed by atoms with E-state index in [0.717, 1.165) is 26.5 Å². The summed E-state index contributed by atoms with van der Waals surface area (Å²) in [5.41, 5.74) is 0.811. The van der Waals surface area contributed by atoms with E-state index in [1.807, 2.05) is 6.07 Å². The molecule has 12 heteroatoms. The van der Waals surface area contributed by atoms with E-state index >= 15 is 0 Å². The van der Waals surface area contributed by atoms with Crippen LogP contribution in [0.2, 0.25) is 0 Å². The molecule has 39 heavy (non-hydrogen) atoms. The summed E-state index contributed by atoms with van der Waals surface area (Å²) in [7, 11) is -2.88. The number of hydrogen-bond acceptors (Lipinski definition) is 6. The first-order valence-corrected chi connectivity index (χ1v) is 14.3. The smallest absolute Gasteiger partial charge is 0.264 e. The molecule has 0 unspecified atom stereocenters. The second-order valence-electron chi connectivity index (χ2n) is 8.74. The predicted octanol–water partition coefficient (Wildman–Crippen LogP) is 3.72. The van der Waals surface area contributed by atoms with Crippen LogP contribution in [0.15, 0.2) is 76.1 Å². The number of anilines is 1. The lowest BCUT2D eigenvalue weighted by Crippen LogP contribution is -2.50. The highest BCUT2D eigenvalue weighted by atomic mass is 79.9. The summed E-state index contributed by atoms with van der Waals surface area (Å²) in [6.07, 6.45) is 0. The van der Waals surface area contributed by atoms with Crippen LogP contribution in [0.1, 0.15) is 12.5 Å². The molecule has 1 aliphatic rings. The molecule has 0 spiro atoms. The molecule has 0 fully saturated rings. The molecule has 1 aliphatic heterocycles. The molecule has 4 rings (SSSR count). The monoisotopic (exact) mass is 619 g/mol. The number of hydrogen-bond donors (Lipinski definition) is 1. The van der Waals surface area contributed by atoms with Crippen molar-refractivity contribution in [2.75, 3.05) is 31.1 Å². The van der Waals surface area contributed by atoms with E-state index in [0.29, 0.717) is 12.4 Å². The van der Waals surface area contributed by atoms with Crippen molar-refractivity contribution >= 4 is 43.5 Å². The quantitative estimate of drug-likeness (QED) is 0.391. The molecule has 0 bridgehead atoms. The Morgan fingerprint density at radius 2 is 1.72 bits per heavy atom. The van der Waals surface area contributed by atoms with Crippen LogP contribution < -0.4 is 19.1 Å². The molecule has 1 N–H and O–H groups in total. The van der Waals surface area contributed by atoms with Gasteiger partial charge in [0.05, 0.1) is 10.6 Å². The largest absolute Gasteiger partial charge is 0.486 e. The lowest BCUT2D eigenvalue weighted by molar-refractivity contribution is -0.139. The van der Waals surface area contributed by atoms with Crippen LogP contribution in [0.25, 0.3) is 0 Å². The fourth-order valence-electron chi connectivity index (χ4n) is 4.07. The van der Waals surface area contributed by atoms with Gasteiger partial charge in [0.1, 0.15) is 31.6 Å². The van der Waals surface area contributed by atoms with Gasteiger partial charge in [0, 0.05) is 24.1 Å². The third-order valence-electron chi connectivity index (χ3n) is 6.15. The summed E-state index contributed by atoms with van der Waals surface area (Å²) < 4.78 is 54.3. The number of amides is 2. The maximum Gasteiger partial charge on any atom is 0.264 e. The second kappa shape index (κ2) is 12.0. The molecule has 0 radical (unpaired) electrons. The molecular weight excluding hydrogens is 593 g/mol. The van der Waals surface area contributed by atoms with Crippen LogP contribution in [-0.2, 0) is 26.2 Å². The second-order valence-corrected chi connectivity index (χ2v) is 11.5. The van der Waals surface area contributed by atoms with Gasteiger partial charge in [0.2, 0.25) is 11.8 Å². The van der Waals surface area contributed by atoms with E-state index in [2.05, 4.69) is 21.2 Å². The van der Waals surface area contributed by atoms with Crippen LogP contribution in [0.3, 0.4) is 0 Å². The Labute approximate surface area is 234 Å². The van der Waals surface area contributed by atoms with Gasteiger partial charge >= 0.3 is 0 Å². The molecule has 0 aliphatic carbocycles. The van der Waals surface area contributed by atoms with E-state index in [4.69, 9.17) is 9.47 Å². The average molecular weight is 620 g/mol. The molecule has 0 saturated carbocycles. The normalized spacial score (nSPS) is 13.3. The van der Waals surface area contributed by atoms with Crippen LogP contribution >= 0.6 is 15.9 Å². The van der Waals surface area contributed by atoms with Crippen molar-refractivity contribution in [1.82, 2.24) is 10.2 Å². The topological polar surface area (TPSA) is 105 Å². The van der Waals surface area contributed by atoms with Crippen molar-refractivity contribution in [2.24, 2.45) is 0 Å². The molecule has 0 saturated heterocycles.